The zero-order valence-corrected chi connectivity index (χ0v) is 12.2. The molecule has 0 bridgehead atoms. The monoisotopic (exact) mass is 264 g/mol. The summed E-state index contributed by atoms with van der Waals surface area (Å²) < 4.78 is 19.3. The molecule has 1 aromatic carbocycles. The number of hydrogen-bond acceptors (Lipinski definition) is 2. The van der Waals surface area contributed by atoms with Gasteiger partial charge in [-0.15, -0.1) is 0 Å². The van der Waals surface area contributed by atoms with E-state index in [1.165, 1.54) is 0 Å². The van der Waals surface area contributed by atoms with Crippen molar-refractivity contribution >= 4 is 12.7 Å². The zero-order chi connectivity index (χ0) is 13.2. The van der Waals surface area contributed by atoms with Crippen molar-refractivity contribution in [2.75, 3.05) is 0 Å². The molecule has 0 saturated heterocycles. The molecule has 0 saturated carbocycles. The van der Waals surface area contributed by atoms with E-state index < -0.39 is 12.5 Å². The molecule has 0 aliphatic heterocycles. The van der Waals surface area contributed by atoms with Crippen molar-refractivity contribution < 1.29 is 9.09 Å². The molecule has 0 heterocycles. The van der Waals surface area contributed by atoms with Crippen LogP contribution in [0, 0.1) is 0 Å². The lowest BCUT2D eigenvalue weighted by Gasteiger charge is -2.31. The molecule has 0 N–H and O–H groups in total. The van der Waals surface area contributed by atoms with Gasteiger partial charge in [-0.25, -0.2) is 0 Å². The maximum Gasteiger partial charge on any atom is 0.282 e. The first-order valence-electron chi connectivity index (χ1n) is 6.48. The molecule has 0 fully saturated rings. The predicted molar refractivity (Wildman–Crippen MR) is 76.5 cm³/mol. The molecule has 98 valence electrons. The normalized spacial score (nSPS) is 19.2. The second-order valence-corrected chi connectivity index (χ2v) is 8.86. The highest BCUT2D eigenvalue weighted by atomic mass is 31.2. The first-order valence-corrected chi connectivity index (χ1v) is 8.10. The zero-order valence-electron chi connectivity index (χ0n) is 11.3. The SMILES string of the molecule is CC(C)(C)P(=O)(OC1=CCCC1)c1ccccc1. The second kappa shape index (κ2) is 4.93. The van der Waals surface area contributed by atoms with Gasteiger partial charge < -0.3 is 4.52 Å². The summed E-state index contributed by atoms with van der Waals surface area (Å²) in [4.78, 5) is 0. The highest BCUT2D eigenvalue weighted by Gasteiger charge is 2.41. The molecule has 3 heteroatoms. The molecule has 1 aliphatic carbocycles. The molecular formula is C15H21O2P. The van der Waals surface area contributed by atoms with Crippen molar-refractivity contribution in [1.29, 1.82) is 0 Å². The van der Waals surface area contributed by atoms with Crippen LogP contribution in [0.15, 0.2) is 42.2 Å². The number of hydrogen-bond donors (Lipinski definition) is 0. The molecule has 1 unspecified atom stereocenters. The van der Waals surface area contributed by atoms with Gasteiger partial charge in [0.15, 0.2) is 0 Å². The van der Waals surface area contributed by atoms with E-state index in [9.17, 15) is 4.57 Å². The van der Waals surface area contributed by atoms with Gasteiger partial charge >= 0.3 is 0 Å². The summed E-state index contributed by atoms with van der Waals surface area (Å²) in [5, 5.41) is 0.419. The first-order chi connectivity index (χ1) is 8.43. The van der Waals surface area contributed by atoms with Gasteiger partial charge in [0.05, 0.1) is 10.9 Å². The van der Waals surface area contributed by atoms with Crippen LogP contribution in [0.25, 0.3) is 0 Å². The van der Waals surface area contributed by atoms with E-state index in [-0.39, 0.29) is 0 Å². The van der Waals surface area contributed by atoms with Crippen molar-refractivity contribution in [2.45, 2.75) is 45.2 Å². The Morgan fingerprint density at radius 2 is 1.83 bits per heavy atom. The van der Waals surface area contributed by atoms with Gasteiger partial charge in [-0.05, 0) is 51.8 Å². The average molecular weight is 264 g/mol. The summed E-state index contributed by atoms with van der Waals surface area (Å²) in [6.07, 6.45) is 5.12. The van der Waals surface area contributed by atoms with E-state index >= 15 is 0 Å². The van der Waals surface area contributed by atoms with Crippen molar-refractivity contribution in [3.8, 4) is 0 Å². The van der Waals surface area contributed by atoms with Gasteiger partial charge in [-0.1, -0.05) is 18.2 Å². The molecule has 0 spiro atoms. The Hall–Kier alpha value is -1.01. The van der Waals surface area contributed by atoms with E-state index in [1.54, 1.807) is 0 Å². The molecule has 1 aromatic rings. The van der Waals surface area contributed by atoms with Gasteiger partial charge in [-0.2, -0.15) is 0 Å². The number of rotatable bonds is 3. The molecule has 1 atom stereocenters. The second-order valence-electron chi connectivity index (χ2n) is 5.71. The minimum atomic E-state index is -2.87. The number of allylic oxidation sites excluding steroid dienone is 2. The molecule has 0 aromatic heterocycles. The summed E-state index contributed by atoms with van der Waals surface area (Å²) in [5.74, 6) is 0.900. The fraction of sp³-hybridized carbons (Fsp3) is 0.467. The van der Waals surface area contributed by atoms with Crippen LogP contribution in [-0.4, -0.2) is 5.16 Å². The highest BCUT2D eigenvalue weighted by molar-refractivity contribution is 7.68. The minimum absolute atomic E-state index is 0.391. The van der Waals surface area contributed by atoms with Crippen molar-refractivity contribution in [2.24, 2.45) is 0 Å². The Morgan fingerprint density at radius 3 is 2.33 bits per heavy atom. The van der Waals surface area contributed by atoms with Gasteiger partial charge in [0.25, 0.3) is 7.37 Å². The minimum Gasteiger partial charge on any atom is -0.444 e. The van der Waals surface area contributed by atoms with Crippen molar-refractivity contribution in [1.82, 2.24) is 0 Å². The van der Waals surface area contributed by atoms with Crippen LogP contribution in [0.4, 0.5) is 0 Å². The number of benzene rings is 1. The van der Waals surface area contributed by atoms with E-state index in [1.807, 2.05) is 51.1 Å². The summed E-state index contributed by atoms with van der Waals surface area (Å²) in [6, 6.07) is 9.58. The lowest BCUT2D eigenvalue weighted by Crippen LogP contribution is -2.24. The van der Waals surface area contributed by atoms with Crippen molar-refractivity contribution in [3.63, 3.8) is 0 Å². The van der Waals surface area contributed by atoms with Gasteiger partial charge in [0.2, 0.25) is 0 Å². The standard InChI is InChI=1S/C15H21O2P/c1-15(2,3)18(16,14-11-5-4-6-12-14)17-13-9-7-8-10-13/h4-6,9,11-12H,7-8,10H2,1-3H3. The smallest absolute Gasteiger partial charge is 0.282 e. The van der Waals surface area contributed by atoms with Crippen LogP contribution >= 0.6 is 7.37 Å². The lowest BCUT2D eigenvalue weighted by atomic mass is 10.3. The third-order valence-corrected chi connectivity index (χ3v) is 6.46. The highest BCUT2D eigenvalue weighted by Crippen LogP contribution is 2.59. The molecular weight excluding hydrogens is 243 g/mol. The maximum absolute atomic E-state index is 13.3. The quantitative estimate of drug-likeness (QED) is 0.753. The fourth-order valence-corrected chi connectivity index (χ4v) is 4.31. The molecule has 2 nitrogen and oxygen atoms in total. The average Bonchev–Trinajstić information content (AvgIpc) is 2.81. The maximum atomic E-state index is 13.3. The topological polar surface area (TPSA) is 26.3 Å². The van der Waals surface area contributed by atoms with Gasteiger partial charge in [-0.3, -0.25) is 4.57 Å². The fourth-order valence-electron chi connectivity index (χ4n) is 2.09. The summed E-state index contributed by atoms with van der Waals surface area (Å²) in [6.45, 7) is 5.95. The van der Waals surface area contributed by atoms with Crippen LogP contribution in [0.1, 0.15) is 40.0 Å². The van der Waals surface area contributed by atoms with Crippen LogP contribution in [0.2, 0.25) is 0 Å². The Morgan fingerprint density at radius 1 is 1.17 bits per heavy atom. The third kappa shape index (κ3) is 2.54. The van der Waals surface area contributed by atoms with Gasteiger partial charge in [0.1, 0.15) is 0 Å². The Labute approximate surface area is 110 Å². The summed E-state index contributed by atoms with van der Waals surface area (Å²) >= 11 is 0. The van der Waals surface area contributed by atoms with Crippen LogP contribution in [-0.2, 0) is 9.09 Å². The van der Waals surface area contributed by atoms with E-state index in [0.29, 0.717) is 0 Å². The molecule has 1 aliphatic rings. The van der Waals surface area contributed by atoms with Crippen LogP contribution in [0.3, 0.4) is 0 Å². The van der Waals surface area contributed by atoms with E-state index in [0.717, 1.165) is 30.3 Å². The molecule has 2 rings (SSSR count). The Balaban J connectivity index is 2.38. The van der Waals surface area contributed by atoms with Crippen LogP contribution in [0.5, 0.6) is 0 Å². The van der Waals surface area contributed by atoms with E-state index in [4.69, 9.17) is 4.52 Å². The van der Waals surface area contributed by atoms with E-state index in [2.05, 4.69) is 6.08 Å². The lowest BCUT2D eigenvalue weighted by molar-refractivity contribution is 0.380. The van der Waals surface area contributed by atoms with Crippen LogP contribution < -0.4 is 5.30 Å². The van der Waals surface area contributed by atoms with Gasteiger partial charge in [0, 0.05) is 11.7 Å². The molecule has 18 heavy (non-hydrogen) atoms. The molecule has 0 amide bonds. The third-order valence-electron chi connectivity index (χ3n) is 3.22. The first kappa shape index (κ1) is 13.4. The molecule has 0 radical (unpaired) electrons. The predicted octanol–water partition coefficient (Wildman–Crippen LogP) is 4.47. The van der Waals surface area contributed by atoms with Crippen molar-refractivity contribution in [3.05, 3.63) is 42.2 Å². The summed E-state index contributed by atoms with van der Waals surface area (Å²) in [5.41, 5.74) is 0. The Bertz CT molecular complexity index is 483. The Kier molecular flexibility index (Phi) is 3.68. The largest absolute Gasteiger partial charge is 0.444 e. The summed E-state index contributed by atoms with van der Waals surface area (Å²) in [7, 11) is -2.87.